The van der Waals surface area contributed by atoms with Crippen LogP contribution in [-0.2, 0) is 13.1 Å². The molecule has 0 unspecified atom stereocenters. The summed E-state index contributed by atoms with van der Waals surface area (Å²) in [5, 5.41) is 3.50. The lowest BCUT2D eigenvalue weighted by molar-refractivity contribution is 0.174. The number of benzene rings is 2. The topological polar surface area (TPSA) is 33.7 Å². The number of para-hydroxylation sites is 1. The van der Waals surface area contributed by atoms with E-state index in [1.165, 1.54) is 16.8 Å². The van der Waals surface area contributed by atoms with Crippen molar-refractivity contribution in [1.82, 2.24) is 4.90 Å². The van der Waals surface area contributed by atoms with E-state index in [4.69, 9.17) is 9.47 Å². The summed E-state index contributed by atoms with van der Waals surface area (Å²) >= 11 is 0. The van der Waals surface area contributed by atoms with E-state index >= 15 is 0 Å². The van der Waals surface area contributed by atoms with Crippen LogP contribution in [-0.4, -0.2) is 25.8 Å². The maximum atomic E-state index is 5.41. The zero-order chi connectivity index (χ0) is 14.7. The highest BCUT2D eigenvalue weighted by Gasteiger charge is 2.13. The highest BCUT2D eigenvalue weighted by molar-refractivity contribution is 5.52. The lowest BCUT2D eigenvalue weighted by Crippen LogP contribution is -2.12. The second kappa shape index (κ2) is 6.06. The predicted octanol–water partition coefficient (Wildman–Crippen LogP) is 3.09. The van der Waals surface area contributed by atoms with Crippen LogP contribution in [0.1, 0.15) is 11.1 Å². The molecule has 0 bridgehead atoms. The minimum atomic E-state index is 0.317. The molecule has 1 aliphatic heterocycles. The molecule has 1 heterocycles. The van der Waals surface area contributed by atoms with Crippen LogP contribution in [0.4, 0.5) is 5.69 Å². The highest BCUT2D eigenvalue weighted by Crippen LogP contribution is 2.32. The fourth-order valence-electron chi connectivity index (χ4n) is 2.42. The third kappa shape index (κ3) is 3.28. The number of nitrogens with one attached hydrogen (secondary N) is 1. The third-order valence-electron chi connectivity index (χ3n) is 3.42. The van der Waals surface area contributed by atoms with Crippen molar-refractivity contribution in [2.45, 2.75) is 13.1 Å². The second-order valence-corrected chi connectivity index (χ2v) is 5.44. The van der Waals surface area contributed by atoms with Gasteiger partial charge in [0.25, 0.3) is 0 Å². The van der Waals surface area contributed by atoms with Crippen molar-refractivity contribution in [3.05, 3.63) is 53.6 Å². The van der Waals surface area contributed by atoms with Crippen molar-refractivity contribution in [1.29, 1.82) is 0 Å². The van der Waals surface area contributed by atoms with Crippen molar-refractivity contribution >= 4 is 5.69 Å². The van der Waals surface area contributed by atoms with Gasteiger partial charge in [0, 0.05) is 18.8 Å². The molecule has 21 heavy (non-hydrogen) atoms. The highest BCUT2D eigenvalue weighted by atomic mass is 16.7. The molecule has 1 N–H and O–H groups in total. The molecule has 0 saturated carbocycles. The predicted molar refractivity (Wildman–Crippen MR) is 83.7 cm³/mol. The molecule has 3 rings (SSSR count). The smallest absolute Gasteiger partial charge is 0.231 e. The van der Waals surface area contributed by atoms with Crippen LogP contribution < -0.4 is 14.8 Å². The Morgan fingerprint density at radius 2 is 1.86 bits per heavy atom. The van der Waals surface area contributed by atoms with Gasteiger partial charge in [-0.1, -0.05) is 24.3 Å². The molecule has 0 atom stereocenters. The first kappa shape index (κ1) is 13.8. The van der Waals surface area contributed by atoms with E-state index in [-0.39, 0.29) is 0 Å². The number of hydrogen-bond donors (Lipinski definition) is 1. The summed E-state index contributed by atoms with van der Waals surface area (Å²) < 4.78 is 10.7. The number of rotatable bonds is 5. The zero-order valence-corrected chi connectivity index (χ0v) is 12.4. The number of nitrogens with zero attached hydrogens (tertiary/aromatic N) is 1. The average Bonchev–Trinajstić information content (AvgIpc) is 2.93. The van der Waals surface area contributed by atoms with E-state index < -0.39 is 0 Å². The van der Waals surface area contributed by atoms with Crippen molar-refractivity contribution in [2.24, 2.45) is 0 Å². The number of ether oxygens (including phenoxy) is 2. The minimum Gasteiger partial charge on any atom is -0.454 e. The Balaban J connectivity index is 1.70. The van der Waals surface area contributed by atoms with E-state index in [0.717, 1.165) is 24.6 Å². The van der Waals surface area contributed by atoms with Gasteiger partial charge in [-0.25, -0.2) is 0 Å². The summed E-state index contributed by atoms with van der Waals surface area (Å²) in [5.41, 5.74) is 3.64. The molecule has 0 spiro atoms. The lowest BCUT2D eigenvalue weighted by atomic mass is 10.1. The van der Waals surface area contributed by atoms with Gasteiger partial charge in [-0.15, -0.1) is 0 Å². The van der Waals surface area contributed by atoms with Crippen LogP contribution in [0.5, 0.6) is 11.5 Å². The molecule has 0 aliphatic carbocycles. The Morgan fingerprint density at radius 1 is 1.05 bits per heavy atom. The van der Waals surface area contributed by atoms with E-state index in [2.05, 4.69) is 54.6 Å². The summed E-state index contributed by atoms with van der Waals surface area (Å²) in [6.45, 7) is 2.00. The van der Waals surface area contributed by atoms with Crippen molar-refractivity contribution in [2.75, 3.05) is 26.2 Å². The monoisotopic (exact) mass is 284 g/mol. The third-order valence-corrected chi connectivity index (χ3v) is 3.42. The molecule has 1 aliphatic rings. The van der Waals surface area contributed by atoms with Crippen LogP contribution >= 0.6 is 0 Å². The normalized spacial score (nSPS) is 12.7. The molecule has 2 aromatic carbocycles. The van der Waals surface area contributed by atoms with Gasteiger partial charge in [-0.3, -0.25) is 0 Å². The van der Waals surface area contributed by atoms with Gasteiger partial charge in [0.1, 0.15) is 0 Å². The first-order valence-corrected chi connectivity index (χ1v) is 7.07. The molecule has 2 aromatic rings. The van der Waals surface area contributed by atoms with Gasteiger partial charge in [-0.05, 0) is 43.4 Å². The fourth-order valence-corrected chi connectivity index (χ4v) is 2.42. The Bertz CT molecular complexity index is 626. The van der Waals surface area contributed by atoms with Gasteiger partial charge < -0.3 is 19.7 Å². The van der Waals surface area contributed by atoms with Crippen LogP contribution in [0.2, 0.25) is 0 Å². The maximum absolute atomic E-state index is 5.41. The second-order valence-electron chi connectivity index (χ2n) is 5.44. The molecular weight excluding hydrogens is 264 g/mol. The van der Waals surface area contributed by atoms with Crippen molar-refractivity contribution < 1.29 is 9.47 Å². The van der Waals surface area contributed by atoms with Crippen LogP contribution in [0.3, 0.4) is 0 Å². The molecule has 0 fully saturated rings. The minimum absolute atomic E-state index is 0.317. The summed E-state index contributed by atoms with van der Waals surface area (Å²) in [4.78, 5) is 2.17. The summed E-state index contributed by atoms with van der Waals surface area (Å²) in [7, 11) is 4.16. The van der Waals surface area contributed by atoms with E-state index in [1.54, 1.807) is 0 Å². The Kier molecular flexibility index (Phi) is 3.97. The maximum Gasteiger partial charge on any atom is 0.231 e. The molecule has 0 saturated heterocycles. The number of anilines is 1. The van der Waals surface area contributed by atoms with E-state index in [0.29, 0.717) is 6.79 Å². The summed E-state index contributed by atoms with van der Waals surface area (Å²) in [5.74, 6) is 1.66. The summed E-state index contributed by atoms with van der Waals surface area (Å²) in [6.07, 6.45) is 0. The van der Waals surface area contributed by atoms with Gasteiger partial charge in [-0.2, -0.15) is 0 Å². The van der Waals surface area contributed by atoms with E-state index in [1.807, 2.05) is 12.1 Å². The SMILES string of the molecule is CN(C)Cc1ccccc1NCc1ccc2c(c1)OCO2. The average molecular weight is 284 g/mol. The lowest BCUT2D eigenvalue weighted by Gasteiger charge is -2.15. The first-order chi connectivity index (χ1) is 10.2. The molecule has 4 heteroatoms. The van der Waals surface area contributed by atoms with Crippen molar-refractivity contribution in [3.63, 3.8) is 0 Å². The van der Waals surface area contributed by atoms with Gasteiger partial charge in [0.2, 0.25) is 6.79 Å². The van der Waals surface area contributed by atoms with Gasteiger partial charge >= 0.3 is 0 Å². The molecule has 0 amide bonds. The molecule has 110 valence electrons. The standard InChI is InChI=1S/C17H20N2O2/c1-19(2)11-14-5-3-4-6-15(14)18-10-13-7-8-16-17(9-13)21-12-20-16/h3-9,18H,10-12H2,1-2H3. The fraction of sp³-hybridized carbons (Fsp3) is 0.294. The Morgan fingerprint density at radius 3 is 2.71 bits per heavy atom. The van der Waals surface area contributed by atoms with Crippen LogP contribution in [0, 0.1) is 0 Å². The molecule has 0 radical (unpaired) electrons. The van der Waals surface area contributed by atoms with E-state index in [9.17, 15) is 0 Å². The first-order valence-electron chi connectivity index (χ1n) is 7.07. The van der Waals surface area contributed by atoms with Crippen LogP contribution in [0.15, 0.2) is 42.5 Å². The number of hydrogen-bond acceptors (Lipinski definition) is 4. The summed E-state index contributed by atoms with van der Waals surface area (Å²) in [6, 6.07) is 14.5. The van der Waals surface area contributed by atoms with Crippen LogP contribution in [0.25, 0.3) is 0 Å². The number of fused-ring (bicyclic) bond motifs is 1. The largest absolute Gasteiger partial charge is 0.454 e. The zero-order valence-electron chi connectivity index (χ0n) is 12.4. The molecular formula is C17H20N2O2. The Labute approximate surface area is 125 Å². The van der Waals surface area contributed by atoms with Crippen molar-refractivity contribution in [3.8, 4) is 11.5 Å². The Hall–Kier alpha value is -2.20. The molecule has 4 nitrogen and oxygen atoms in total. The molecule has 0 aromatic heterocycles. The quantitative estimate of drug-likeness (QED) is 0.915. The van der Waals surface area contributed by atoms with Gasteiger partial charge in [0.15, 0.2) is 11.5 Å². The van der Waals surface area contributed by atoms with Gasteiger partial charge in [0.05, 0.1) is 0 Å².